The van der Waals surface area contributed by atoms with Crippen molar-refractivity contribution in [2.24, 2.45) is 5.92 Å². The number of halogens is 1. The van der Waals surface area contributed by atoms with Crippen LogP contribution in [0.5, 0.6) is 0 Å². The van der Waals surface area contributed by atoms with E-state index in [1.165, 1.54) is 6.26 Å². The topological polar surface area (TPSA) is 62.6 Å². The summed E-state index contributed by atoms with van der Waals surface area (Å²) in [7, 11) is 0. The molecule has 120 valence electrons. The number of nitrogens with one attached hydrogen (secondary N) is 1. The van der Waals surface area contributed by atoms with Crippen LogP contribution in [-0.2, 0) is 4.79 Å². The maximum absolute atomic E-state index is 12.4. The second-order valence-corrected chi connectivity index (χ2v) is 6.68. The monoisotopic (exact) mass is 424 g/mol. The minimum atomic E-state index is -0.105. The number of hydrogen-bond acceptors (Lipinski definition) is 3. The highest BCUT2D eigenvalue weighted by Gasteiger charge is 2.28. The van der Waals surface area contributed by atoms with Crippen molar-refractivity contribution in [3.05, 3.63) is 52.0 Å². The Labute approximate surface area is 148 Å². The van der Waals surface area contributed by atoms with Gasteiger partial charge in [-0.25, -0.2) is 0 Å². The molecule has 1 aliphatic rings. The van der Waals surface area contributed by atoms with Gasteiger partial charge in [-0.1, -0.05) is 12.1 Å². The molecule has 2 aromatic rings. The van der Waals surface area contributed by atoms with Crippen molar-refractivity contribution in [3.8, 4) is 0 Å². The van der Waals surface area contributed by atoms with Gasteiger partial charge in [0.05, 0.1) is 12.0 Å². The molecule has 23 heavy (non-hydrogen) atoms. The lowest BCUT2D eigenvalue weighted by atomic mass is 9.95. The first-order valence-electron chi connectivity index (χ1n) is 7.53. The second-order valence-electron chi connectivity index (χ2n) is 5.51. The van der Waals surface area contributed by atoms with Crippen LogP contribution in [0.2, 0.25) is 0 Å². The molecule has 5 nitrogen and oxygen atoms in total. The second kappa shape index (κ2) is 7.16. The molecule has 0 saturated carbocycles. The minimum absolute atomic E-state index is 0.0270. The maximum atomic E-state index is 12.4. The molecule has 1 saturated heterocycles. The molecule has 0 bridgehead atoms. The summed E-state index contributed by atoms with van der Waals surface area (Å²) in [6.07, 6.45) is 2.83. The first-order valence-corrected chi connectivity index (χ1v) is 8.61. The van der Waals surface area contributed by atoms with Crippen LogP contribution < -0.4 is 5.32 Å². The summed E-state index contributed by atoms with van der Waals surface area (Å²) in [4.78, 5) is 26.3. The van der Waals surface area contributed by atoms with Gasteiger partial charge in [0.1, 0.15) is 0 Å². The summed E-state index contributed by atoms with van der Waals surface area (Å²) in [6.45, 7) is 1.15. The van der Waals surface area contributed by atoms with Crippen molar-refractivity contribution in [2.75, 3.05) is 18.4 Å². The van der Waals surface area contributed by atoms with Crippen LogP contribution >= 0.6 is 22.6 Å². The number of furan rings is 1. The summed E-state index contributed by atoms with van der Waals surface area (Å²) in [5.41, 5.74) is 0.840. The molecule has 1 aliphatic heterocycles. The lowest BCUT2D eigenvalue weighted by Crippen LogP contribution is -2.41. The van der Waals surface area contributed by atoms with Crippen LogP contribution in [0.4, 0.5) is 5.69 Å². The van der Waals surface area contributed by atoms with Crippen molar-refractivity contribution >= 4 is 40.1 Å². The Morgan fingerprint density at radius 2 is 1.87 bits per heavy atom. The molecule has 1 N–H and O–H groups in total. The molecular weight excluding hydrogens is 407 g/mol. The van der Waals surface area contributed by atoms with E-state index in [-0.39, 0.29) is 17.7 Å². The molecule has 2 heterocycles. The zero-order valence-electron chi connectivity index (χ0n) is 12.5. The molecule has 0 spiro atoms. The van der Waals surface area contributed by atoms with Crippen molar-refractivity contribution < 1.29 is 14.0 Å². The zero-order chi connectivity index (χ0) is 16.2. The predicted octanol–water partition coefficient (Wildman–Crippen LogP) is 3.38. The SMILES string of the molecule is O=C(Nc1ccccc1I)C1CCN(C(=O)c2ccco2)CC1. The summed E-state index contributed by atoms with van der Waals surface area (Å²) in [5, 5.41) is 2.98. The summed E-state index contributed by atoms with van der Waals surface area (Å²) >= 11 is 2.20. The average Bonchev–Trinajstić information content (AvgIpc) is 3.11. The number of carbonyl (C=O) groups is 2. The van der Waals surface area contributed by atoms with E-state index >= 15 is 0 Å². The van der Waals surface area contributed by atoms with E-state index < -0.39 is 0 Å². The zero-order valence-corrected chi connectivity index (χ0v) is 14.7. The first-order chi connectivity index (χ1) is 11.1. The van der Waals surface area contributed by atoms with E-state index in [2.05, 4.69) is 27.9 Å². The lowest BCUT2D eigenvalue weighted by Gasteiger charge is -2.30. The fourth-order valence-corrected chi connectivity index (χ4v) is 3.22. The number of likely N-dealkylation sites (tertiary alicyclic amines) is 1. The van der Waals surface area contributed by atoms with Crippen LogP contribution in [0, 0.1) is 9.49 Å². The molecule has 6 heteroatoms. The number of piperidine rings is 1. The van der Waals surface area contributed by atoms with Gasteiger partial charge in [-0.3, -0.25) is 9.59 Å². The fourth-order valence-electron chi connectivity index (χ4n) is 2.70. The van der Waals surface area contributed by atoms with Crippen LogP contribution in [-0.4, -0.2) is 29.8 Å². The van der Waals surface area contributed by atoms with Gasteiger partial charge in [0, 0.05) is 22.6 Å². The van der Waals surface area contributed by atoms with Crippen LogP contribution in [0.15, 0.2) is 47.1 Å². The van der Waals surface area contributed by atoms with E-state index in [0.29, 0.717) is 31.7 Å². The average molecular weight is 424 g/mol. The normalized spacial score (nSPS) is 15.4. The van der Waals surface area contributed by atoms with Gasteiger partial charge in [-0.15, -0.1) is 0 Å². The van der Waals surface area contributed by atoms with Gasteiger partial charge in [0.2, 0.25) is 5.91 Å². The number of rotatable bonds is 3. The summed E-state index contributed by atoms with van der Waals surface area (Å²) in [6, 6.07) is 11.1. The number of anilines is 1. The van der Waals surface area contributed by atoms with Crippen molar-refractivity contribution in [1.82, 2.24) is 4.90 Å². The Morgan fingerprint density at radius 3 is 2.52 bits per heavy atom. The summed E-state index contributed by atoms with van der Waals surface area (Å²) in [5.74, 6) is 0.212. The maximum Gasteiger partial charge on any atom is 0.289 e. The number of hydrogen-bond donors (Lipinski definition) is 1. The molecule has 1 aromatic carbocycles. The van der Waals surface area contributed by atoms with Crippen molar-refractivity contribution in [3.63, 3.8) is 0 Å². The number of benzene rings is 1. The first kappa shape index (κ1) is 16.0. The molecule has 1 aromatic heterocycles. The predicted molar refractivity (Wildman–Crippen MR) is 95.1 cm³/mol. The van der Waals surface area contributed by atoms with Gasteiger partial charge in [-0.05, 0) is 59.7 Å². The van der Waals surface area contributed by atoms with E-state index in [9.17, 15) is 9.59 Å². The van der Waals surface area contributed by atoms with Crippen molar-refractivity contribution in [2.45, 2.75) is 12.8 Å². The Kier molecular flexibility index (Phi) is 5.00. The van der Waals surface area contributed by atoms with Gasteiger partial charge >= 0.3 is 0 Å². The van der Waals surface area contributed by atoms with E-state index in [1.807, 2.05) is 24.3 Å². The quantitative estimate of drug-likeness (QED) is 0.769. The highest BCUT2D eigenvalue weighted by atomic mass is 127. The van der Waals surface area contributed by atoms with E-state index in [4.69, 9.17) is 4.42 Å². The van der Waals surface area contributed by atoms with Crippen LogP contribution in [0.3, 0.4) is 0 Å². The number of amides is 2. The Hall–Kier alpha value is -1.83. The molecule has 1 fully saturated rings. The van der Waals surface area contributed by atoms with E-state index in [1.54, 1.807) is 17.0 Å². The minimum Gasteiger partial charge on any atom is -0.459 e. The highest BCUT2D eigenvalue weighted by Crippen LogP contribution is 2.23. The standard InChI is InChI=1S/C17H17IN2O3/c18-13-4-1-2-5-14(13)19-16(21)12-7-9-20(10-8-12)17(22)15-6-3-11-23-15/h1-6,11-12H,7-10H2,(H,19,21). The Bertz CT molecular complexity index is 692. The van der Waals surface area contributed by atoms with Gasteiger partial charge < -0.3 is 14.6 Å². The smallest absolute Gasteiger partial charge is 0.289 e. The Morgan fingerprint density at radius 1 is 1.13 bits per heavy atom. The summed E-state index contributed by atoms with van der Waals surface area (Å²) < 4.78 is 6.16. The number of para-hydroxylation sites is 1. The lowest BCUT2D eigenvalue weighted by molar-refractivity contribution is -0.121. The number of carbonyl (C=O) groups excluding carboxylic acids is 2. The van der Waals surface area contributed by atoms with Gasteiger partial charge in [0.25, 0.3) is 5.91 Å². The Balaban J connectivity index is 1.55. The molecule has 2 amide bonds. The third-order valence-electron chi connectivity index (χ3n) is 4.02. The molecule has 0 radical (unpaired) electrons. The largest absolute Gasteiger partial charge is 0.459 e. The van der Waals surface area contributed by atoms with Crippen LogP contribution in [0.25, 0.3) is 0 Å². The van der Waals surface area contributed by atoms with Crippen LogP contribution in [0.1, 0.15) is 23.4 Å². The van der Waals surface area contributed by atoms with E-state index in [0.717, 1.165) is 9.26 Å². The van der Waals surface area contributed by atoms with Gasteiger partial charge in [-0.2, -0.15) is 0 Å². The molecule has 3 rings (SSSR count). The van der Waals surface area contributed by atoms with Gasteiger partial charge in [0.15, 0.2) is 5.76 Å². The fraction of sp³-hybridized carbons (Fsp3) is 0.294. The molecule has 0 unspecified atom stereocenters. The number of nitrogens with zero attached hydrogens (tertiary/aromatic N) is 1. The molecule has 0 aliphatic carbocycles. The third-order valence-corrected chi connectivity index (χ3v) is 4.96. The third kappa shape index (κ3) is 3.74. The molecule has 0 atom stereocenters. The molecular formula is C17H17IN2O3. The highest BCUT2D eigenvalue weighted by molar-refractivity contribution is 14.1. The van der Waals surface area contributed by atoms with Crippen molar-refractivity contribution in [1.29, 1.82) is 0 Å².